The Morgan fingerprint density at radius 1 is 1.20 bits per heavy atom. The van der Waals surface area contributed by atoms with Gasteiger partial charge in [0.05, 0.1) is 0 Å². The fourth-order valence-electron chi connectivity index (χ4n) is 2.45. The van der Waals surface area contributed by atoms with Gasteiger partial charge in [-0.15, -0.1) is 0 Å². The fraction of sp³-hybridized carbons (Fsp3) is 0.263. The highest BCUT2D eigenvalue weighted by atomic mass is 79.9. The third-order valence-corrected chi connectivity index (χ3v) is 4.69. The van der Waals surface area contributed by atoms with E-state index in [1.54, 1.807) is 19.1 Å². The van der Waals surface area contributed by atoms with Crippen LogP contribution in [0, 0.1) is 6.92 Å². The molecular formula is C19H20BrNO4. The van der Waals surface area contributed by atoms with Gasteiger partial charge in [-0.05, 0) is 36.6 Å². The van der Waals surface area contributed by atoms with Crippen LogP contribution in [0.4, 0.5) is 4.79 Å². The van der Waals surface area contributed by atoms with Gasteiger partial charge in [-0.25, -0.2) is 9.59 Å². The minimum atomic E-state index is -1.11. The van der Waals surface area contributed by atoms with Crippen molar-refractivity contribution >= 4 is 28.0 Å². The molecular weight excluding hydrogens is 386 g/mol. The van der Waals surface area contributed by atoms with E-state index in [1.165, 1.54) is 4.90 Å². The maximum absolute atomic E-state index is 12.4. The lowest BCUT2D eigenvalue weighted by Crippen LogP contribution is -2.39. The van der Waals surface area contributed by atoms with E-state index < -0.39 is 18.1 Å². The topological polar surface area (TPSA) is 66.8 Å². The smallest absolute Gasteiger partial charge is 0.411 e. The Bertz CT molecular complexity index is 748. The van der Waals surface area contributed by atoms with E-state index in [4.69, 9.17) is 4.74 Å². The summed E-state index contributed by atoms with van der Waals surface area (Å²) >= 11 is 3.41. The number of nitrogens with zero attached hydrogens (tertiary/aromatic N) is 1. The molecule has 0 spiro atoms. The number of aliphatic carboxylic acids is 1. The highest BCUT2D eigenvalue weighted by Crippen LogP contribution is 2.27. The van der Waals surface area contributed by atoms with E-state index in [9.17, 15) is 14.7 Å². The first-order valence-corrected chi connectivity index (χ1v) is 8.69. The number of carboxylic acid groups (broad SMARTS) is 1. The minimum absolute atomic E-state index is 0.0973. The van der Waals surface area contributed by atoms with Crippen molar-refractivity contribution in [3.05, 3.63) is 69.7 Å². The van der Waals surface area contributed by atoms with Crippen molar-refractivity contribution in [2.75, 3.05) is 6.54 Å². The molecule has 1 amide bonds. The van der Waals surface area contributed by atoms with Gasteiger partial charge in [0.2, 0.25) is 0 Å². The van der Waals surface area contributed by atoms with Gasteiger partial charge in [-0.3, -0.25) is 4.90 Å². The van der Waals surface area contributed by atoms with Gasteiger partial charge in [-0.1, -0.05) is 58.4 Å². The third kappa shape index (κ3) is 4.82. The summed E-state index contributed by atoms with van der Waals surface area (Å²) < 4.78 is 6.10. The van der Waals surface area contributed by atoms with E-state index in [0.717, 1.165) is 15.6 Å². The first-order valence-electron chi connectivity index (χ1n) is 7.90. The number of ether oxygens (including phenoxy) is 1. The Morgan fingerprint density at radius 3 is 2.44 bits per heavy atom. The van der Waals surface area contributed by atoms with Crippen LogP contribution in [0.2, 0.25) is 0 Å². The average Bonchev–Trinajstić information content (AvgIpc) is 2.60. The zero-order chi connectivity index (χ0) is 18.4. The van der Waals surface area contributed by atoms with E-state index >= 15 is 0 Å². The number of carboxylic acids is 1. The molecule has 0 aliphatic carbocycles. The molecule has 5 nitrogen and oxygen atoms in total. The molecule has 132 valence electrons. The third-order valence-electron chi connectivity index (χ3n) is 3.84. The van der Waals surface area contributed by atoms with Crippen LogP contribution >= 0.6 is 15.9 Å². The second-order valence-corrected chi connectivity index (χ2v) is 6.43. The number of carbonyl (C=O) groups excluding carboxylic acids is 1. The Labute approximate surface area is 155 Å². The number of hydrogen-bond acceptors (Lipinski definition) is 3. The van der Waals surface area contributed by atoms with Crippen LogP contribution in [0.25, 0.3) is 0 Å². The molecule has 2 aromatic rings. The molecule has 0 aromatic heterocycles. The lowest BCUT2D eigenvalue weighted by atomic mass is 10.0. The number of halogens is 1. The second-order valence-electron chi connectivity index (χ2n) is 5.58. The normalized spacial score (nSPS) is 11.6. The predicted octanol–water partition coefficient (Wildman–Crippen LogP) is 4.54. The Morgan fingerprint density at radius 2 is 1.88 bits per heavy atom. The van der Waals surface area contributed by atoms with Crippen LogP contribution in [0.5, 0.6) is 0 Å². The number of likely N-dealkylation sites (N-methyl/N-ethyl adjacent to an activating group) is 1. The number of rotatable bonds is 6. The van der Waals surface area contributed by atoms with Gasteiger partial charge in [0.1, 0.15) is 6.61 Å². The summed E-state index contributed by atoms with van der Waals surface area (Å²) in [6.07, 6.45) is -0.657. The second kappa shape index (κ2) is 8.67. The molecule has 25 heavy (non-hydrogen) atoms. The van der Waals surface area contributed by atoms with Crippen molar-refractivity contribution in [1.82, 2.24) is 4.90 Å². The molecule has 0 heterocycles. The van der Waals surface area contributed by atoms with Crippen molar-refractivity contribution in [3.8, 4) is 0 Å². The van der Waals surface area contributed by atoms with Crippen molar-refractivity contribution in [1.29, 1.82) is 0 Å². The maximum atomic E-state index is 12.4. The van der Waals surface area contributed by atoms with E-state index in [0.29, 0.717) is 5.56 Å². The van der Waals surface area contributed by atoms with E-state index in [-0.39, 0.29) is 13.2 Å². The standard InChI is InChI=1S/C19H20BrNO4/c1-3-21(19(24)25-12-14-7-5-4-6-8-14)17(18(22)23)15-10-9-13(2)16(20)11-15/h4-11,17H,3,12H2,1-2H3,(H,22,23). The van der Waals surface area contributed by atoms with Crippen LogP contribution in [0.3, 0.4) is 0 Å². The van der Waals surface area contributed by atoms with Crippen LogP contribution in [-0.2, 0) is 16.1 Å². The predicted molar refractivity (Wildman–Crippen MR) is 98.3 cm³/mol. The summed E-state index contributed by atoms with van der Waals surface area (Å²) in [5.74, 6) is -1.10. The molecule has 1 atom stereocenters. The number of carbonyl (C=O) groups is 2. The summed E-state index contributed by atoms with van der Waals surface area (Å²) in [4.78, 5) is 25.5. The van der Waals surface area contributed by atoms with Gasteiger partial charge >= 0.3 is 12.1 Å². The molecule has 1 unspecified atom stereocenters. The first-order chi connectivity index (χ1) is 11.9. The fourth-order valence-corrected chi connectivity index (χ4v) is 2.85. The lowest BCUT2D eigenvalue weighted by Gasteiger charge is -2.27. The van der Waals surface area contributed by atoms with Gasteiger partial charge < -0.3 is 9.84 Å². The van der Waals surface area contributed by atoms with Crippen molar-refractivity contribution in [2.45, 2.75) is 26.5 Å². The molecule has 6 heteroatoms. The monoisotopic (exact) mass is 405 g/mol. The molecule has 0 bridgehead atoms. The SMILES string of the molecule is CCN(C(=O)OCc1ccccc1)C(C(=O)O)c1ccc(C)c(Br)c1. The molecule has 0 aliphatic rings. The molecule has 0 aliphatic heterocycles. The Hall–Kier alpha value is -2.34. The van der Waals surface area contributed by atoms with Crippen LogP contribution in [-0.4, -0.2) is 28.6 Å². The molecule has 0 saturated carbocycles. The molecule has 0 saturated heterocycles. The summed E-state index contributed by atoms with van der Waals surface area (Å²) in [7, 11) is 0. The number of benzene rings is 2. The Kier molecular flexibility index (Phi) is 6.58. The van der Waals surface area contributed by atoms with Gasteiger partial charge in [-0.2, -0.15) is 0 Å². The van der Waals surface area contributed by atoms with Crippen LogP contribution < -0.4 is 0 Å². The van der Waals surface area contributed by atoms with Crippen LogP contribution in [0.15, 0.2) is 53.0 Å². The Balaban J connectivity index is 2.20. The highest BCUT2D eigenvalue weighted by molar-refractivity contribution is 9.10. The number of hydrogen-bond donors (Lipinski definition) is 1. The first kappa shape index (κ1) is 19.0. The summed E-state index contributed by atoms with van der Waals surface area (Å²) in [5, 5.41) is 9.66. The van der Waals surface area contributed by atoms with E-state index in [1.807, 2.05) is 43.3 Å². The summed E-state index contributed by atoms with van der Waals surface area (Å²) in [6.45, 7) is 3.95. The maximum Gasteiger partial charge on any atom is 0.411 e. The lowest BCUT2D eigenvalue weighted by molar-refractivity contribution is -0.143. The van der Waals surface area contributed by atoms with Gasteiger partial charge in [0.15, 0.2) is 6.04 Å². The zero-order valence-electron chi connectivity index (χ0n) is 14.1. The van der Waals surface area contributed by atoms with Crippen LogP contribution in [0.1, 0.15) is 29.7 Å². The summed E-state index contributed by atoms with van der Waals surface area (Å²) in [6, 6.07) is 13.4. The molecule has 2 rings (SSSR count). The molecule has 1 N–H and O–H groups in total. The quantitative estimate of drug-likeness (QED) is 0.765. The van der Waals surface area contributed by atoms with Gasteiger partial charge in [0, 0.05) is 11.0 Å². The largest absolute Gasteiger partial charge is 0.479 e. The van der Waals surface area contributed by atoms with Gasteiger partial charge in [0.25, 0.3) is 0 Å². The molecule has 2 aromatic carbocycles. The average molecular weight is 406 g/mol. The highest BCUT2D eigenvalue weighted by Gasteiger charge is 2.31. The molecule has 0 fully saturated rings. The minimum Gasteiger partial charge on any atom is -0.479 e. The molecule has 0 radical (unpaired) electrons. The summed E-state index contributed by atoms with van der Waals surface area (Å²) in [5.41, 5.74) is 2.35. The number of aryl methyl sites for hydroxylation is 1. The number of amides is 1. The van der Waals surface area contributed by atoms with E-state index in [2.05, 4.69) is 15.9 Å². The van der Waals surface area contributed by atoms with Crippen molar-refractivity contribution < 1.29 is 19.4 Å². The van der Waals surface area contributed by atoms with Crippen molar-refractivity contribution in [2.24, 2.45) is 0 Å². The zero-order valence-corrected chi connectivity index (χ0v) is 15.7. The van der Waals surface area contributed by atoms with Crippen molar-refractivity contribution in [3.63, 3.8) is 0 Å².